The largest absolute Gasteiger partial charge is 0.501 e. The number of nitrogens with zero attached hydrogens (tertiary/aromatic N) is 4. The summed E-state index contributed by atoms with van der Waals surface area (Å²) in [5.41, 5.74) is -3.70. The van der Waals surface area contributed by atoms with Crippen molar-refractivity contribution in [2.75, 3.05) is 44.3 Å². The van der Waals surface area contributed by atoms with Crippen LogP contribution in [0, 0.1) is 0 Å². The van der Waals surface area contributed by atoms with Crippen LogP contribution in [-0.2, 0) is 44.0 Å². The first-order chi connectivity index (χ1) is 28.0. The molecule has 6 rings (SSSR count). The molecular weight excluding hydrogens is 890 g/mol. The molecule has 2 atom stereocenters. The summed E-state index contributed by atoms with van der Waals surface area (Å²) in [6, 6.07) is 17.5. The molecule has 3 aliphatic rings. The zero-order valence-electron chi connectivity index (χ0n) is 33.4. The van der Waals surface area contributed by atoms with E-state index in [1.807, 2.05) is 67.4 Å². The average Bonchev–Trinajstić information content (AvgIpc) is 3.22. The van der Waals surface area contributed by atoms with Crippen LogP contribution in [0.5, 0.6) is 0 Å². The monoisotopic (exact) mass is 940 g/mol. The van der Waals surface area contributed by atoms with E-state index in [0.29, 0.717) is 55.6 Å². The molecule has 322 valence electrons. The maximum atomic E-state index is 14.2. The minimum absolute atomic E-state index is 0.0460. The smallest absolute Gasteiger partial charge is 0.381 e. The van der Waals surface area contributed by atoms with Crippen LogP contribution < -0.4 is 10.0 Å². The Balaban J connectivity index is 1.16. The molecule has 0 spiro atoms. The van der Waals surface area contributed by atoms with Crippen LogP contribution in [0.1, 0.15) is 62.3 Å². The molecule has 1 aromatic heterocycles. The lowest BCUT2D eigenvalue weighted by molar-refractivity contribution is -0.0567. The molecule has 1 saturated carbocycles. The van der Waals surface area contributed by atoms with E-state index < -0.39 is 41.6 Å². The number of alkyl halides is 3. The first kappa shape index (κ1) is 45.5. The Morgan fingerprint density at radius 2 is 1.78 bits per heavy atom. The summed E-state index contributed by atoms with van der Waals surface area (Å²) in [6.45, 7) is 4.45. The van der Waals surface area contributed by atoms with Gasteiger partial charge in [0.25, 0.3) is 9.84 Å². The number of sulfonamides is 1. The van der Waals surface area contributed by atoms with E-state index >= 15 is 0 Å². The number of fused-ring (bicyclic) bond motifs is 1. The Bertz CT molecular complexity index is 2200. The highest BCUT2D eigenvalue weighted by Gasteiger charge is 2.50. The van der Waals surface area contributed by atoms with E-state index in [9.17, 15) is 30.0 Å². The van der Waals surface area contributed by atoms with Crippen molar-refractivity contribution in [1.82, 2.24) is 25.1 Å². The molecule has 2 aliphatic carbocycles. The third kappa shape index (κ3) is 11.1. The molecule has 0 saturated heterocycles. The van der Waals surface area contributed by atoms with Crippen LogP contribution in [0.15, 0.2) is 93.0 Å². The minimum Gasteiger partial charge on any atom is -0.381 e. The summed E-state index contributed by atoms with van der Waals surface area (Å²) in [5, 5.41) is 1.45. The van der Waals surface area contributed by atoms with Crippen molar-refractivity contribution in [1.29, 1.82) is 0 Å². The molecule has 2 heterocycles. The fourth-order valence-corrected chi connectivity index (χ4v) is 11.7. The van der Waals surface area contributed by atoms with Crippen molar-refractivity contribution in [3.8, 4) is 0 Å². The summed E-state index contributed by atoms with van der Waals surface area (Å²) in [6.07, 6.45) is 8.33. The third-order valence-electron chi connectivity index (χ3n) is 11.7. The van der Waals surface area contributed by atoms with Crippen LogP contribution in [0.4, 0.5) is 19.0 Å². The van der Waals surface area contributed by atoms with Gasteiger partial charge in [0.05, 0.1) is 16.2 Å². The highest BCUT2D eigenvalue weighted by atomic mass is 79.9. The number of methoxy groups -OCH3 is 1. The lowest BCUT2D eigenvalue weighted by Gasteiger charge is -2.44. The predicted octanol–water partition coefficient (Wildman–Crippen LogP) is 7.48. The molecule has 1 aliphatic heterocycles. The van der Waals surface area contributed by atoms with Crippen molar-refractivity contribution in [2.24, 2.45) is 0 Å². The SMILES string of the molecule is CCN(C)CC[C@H](CSc1ccccc1)NC1=CCC(S(=O)(=O)Nc2ncnc3c2CCN(C2CCC(Cc4ccccc4Br)(OC)CC2)C3)C=C1S(=O)(=O)C(F)(F)F. The molecule has 0 radical (unpaired) electrons. The standard InChI is InChI=1S/C41H52BrF3N6O5S3/c1-4-50(2)22-18-30(27-57-32-11-6-5-7-12-32)48-36-15-14-33(24-38(36)58(52,53)41(43,44)45)59(54,55)49-39-34-19-23-51(26-37(34)46-28-47-39)31-16-20-40(56-3,21-17-31)25-29-10-8-9-13-35(29)42/h5-13,15,24,28,30-31,33,48H,4,14,16-23,25-27H2,1-3H3,(H,46,47,49)/t30-,31?,33?,40?/m1/s1. The first-order valence-electron chi connectivity index (χ1n) is 19.8. The fraction of sp³-hybridized carbons (Fsp3) is 0.512. The Morgan fingerprint density at radius 1 is 1.07 bits per heavy atom. The van der Waals surface area contributed by atoms with Gasteiger partial charge in [-0.3, -0.25) is 9.62 Å². The molecule has 0 amide bonds. The zero-order chi connectivity index (χ0) is 42.4. The second kappa shape index (κ2) is 19.4. The van der Waals surface area contributed by atoms with Crippen molar-refractivity contribution < 1.29 is 34.7 Å². The molecule has 1 unspecified atom stereocenters. The number of halogens is 4. The zero-order valence-corrected chi connectivity index (χ0v) is 37.5. The van der Waals surface area contributed by atoms with Gasteiger partial charge in [-0.1, -0.05) is 65.3 Å². The van der Waals surface area contributed by atoms with Crippen molar-refractivity contribution in [3.05, 3.63) is 105 Å². The molecule has 2 aromatic carbocycles. The van der Waals surface area contributed by atoms with Gasteiger partial charge in [-0.15, -0.1) is 11.8 Å². The number of hydrogen-bond acceptors (Lipinski definition) is 11. The van der Waals surface area contributed by atoms with Gasteiger partial charge in [-0.2, -0.15) is 13.2 Å². The summed E-state index contributed by atoms with van der Waals surface area (Å²) in [5.74, 6) is 0.475. The van der Waals surface area contributed by atoms with E-state index in [-0.39, 0.29) is 29.6 Å². The molecule has 11 nitrogen and oxygen atoms in total. The molecular formula is C41H52BrF3N6O5S3. The number of benzene rings is 2. The van der Waals surface area contributed by atoms with Crippen LogP contribution in [0.25, 0.3) is 0 Å². The van der Waals surface area contributed by atoms with Crippen LogP contribution >= 0.6 is 27.7 Å². The molecule has 1 fully saturated rings. The van der Waals surface area contributed by atoms with Crippen molar-refractivity contribution >= 4 is 53.4 Å². The topological polar surface area (TPSA) is 134 Å². The van der Waals surface area contributed by atoms with E-state index in [0.717, 1.165) is 48.0 Å². The normalized spacial score (nSPS) is 22.3. The number of ether oxygens (including phenoxy) is 1. The number of aromatic nitrogens is 2. The van der Waals surface area contributed by atoms with Gasteiger partial charge in [-0.25, -0.2) is 26.8 Å². The summed E-state index contributed by atoms with van der Waals surface area (Å²) in [4.78, 5) is 13.0. The van der Waals surface area contributed by atoms with Crippen LogP contribution in [-0.4, -0.2) is 105 Å². The number of sulfone groups is 1. The maximum absolute atomic E-state index is 14.2. The van der Waals surface area contributed by atoms with E-state index in [1.54, 1.807) is 7.11 Å². The quantitative estimate of drug-likeness (QED) is 0.131. The highest BCUT2D eigenvalue weighted by Crippen LogP contribution is 2.40. The van der Waals surface area contributed by atoms with Gasteiger partial charge in [0.2, 0.25) is 10.0 Å². The number of anilines is 1. The predicted molar refractivity (Wildman–Crippen MR) is 230 cm³/mol. The van der Waals surface area contributed by atoms with Gasteiger partial charge in [0.1, 0.15) is 17.4 Å². The van der Waals surface area contributed by atoms with Gasteiger partial charge in [-0.05, 0) is 94.9 Å². The van der Waals surface area contributed by atoms with Crippen molar-refractivity contribution in [2.45, 2.75) is 98.2 Å². The van der Waals surface area contributed by atoms with E-state index in [4.69, 9.17) is 4.74 Å². The minimum atomic E-state index is -5.94. The van der Waals surface area contributed by atoms with Gasteiger partial charge in [0.15, 0.2) is 0 Å². The fourth-order valence-electron chi connectivity index (χ4n) is 7.95. The lowest BCUT2D eigenvalue weighted by Crippen LogP contribution is -2.47. The highest BCUT2D eigenvalue weighted by molar-refractivity contribution is 9.10. The summed E-state index contributed by atoms with van der Waals surface area (Å²) >= 11 is 5.16. The second-order valence-corrected chi connectivity index (χ2v) is 21.2. The number of thioether (sulfide) groups is 1. The van der Waals surface area contributed by atoms with Gasteiger partial charge >= 0.3 is 5.51 Å². The molecule has 59 heavy (non-hydrogen) atoms. The lowest BCUT2D eigenvalue weighted by atomic mass is 9.77. The van der Waals surface area contributed by atoms with Gasteiger partial charge < -0.3 is 15.0 Å². The Kier molecular flexibility index (Phi) is 14.9. The van der Waals surface area contributed by atoms with E-state index in [2.05, 4.69) is 46.9 Å². The average molecular weight is 942 g/mol. The number of hydrogen-bond donors (Lipinski definition) is 2. The number of allylic oxidation sites excluding steroid dienone is 1. The van der Waals surface area contributed by atoms with Gasteiger partial charge in [0, 0.05) is 65.1 Å². The molecule has 18 heteroatoms. The first-order valence-corrected chi connectivity index (χ1v) is 24.6. The third-order valence-corrected chi connectivity index (χ3v) is 16.8. The summed E-state index contributed by atoms with van der Waals surface area (Å²) in [7, 11) is -6.72. The number of nitrogens with one attached hydrogen (secondary N) is 2. The summed E-state index contributed by atoms with van der Waals surface area (Å²) < 4.78 is 106. The second-order valence-electron chi connectivity index (χ2n) is 15.4. The van der Waals surface area contributed by atoms with Crippen LogP contribution in [0.3, 0.4) is 0 Å². The van der Waals surface area contributed by atoms with E-state index in [1.165, 1.54) is 29.7 Å². The number of rotatable bonds is 17. The Hall–Kier alpha value is -3.00. The molecule has 0 bridgehead atoms. The van der Waals surface area contributed by atoms with Crippen LogP contribution in [0.2, 0.25) is 0 Å². The molecule has 2 N–H and O–H groups in total. The Labute approximate surface area is 358 Å². The molecule has 3 aromatic rings. The maximum Gasteiger partial charge on any atom is 0.501 e. The van der Waals surface area contributed by atoms with Crippen molar-refractivity contribution in [3.63, 3.8) is 0 Å². The Morgan fingerprint density at radius 3 is 2.46 bits per heavy atom.